The van der Waals surface area contributed by atoms with Crippen LogP contribution in [0.25, 0.3) is 0 Å². The van der Waals surface area contributed by atoms with Crippen molar-refractivity contribution in [3.8, 4) is 0 Å². The van der Waals surface area contributed by atoms with Gasteiger partial charge in [-0.2, -0.15) is 0 Å². The molecular weight excluding hydrogens is 322 g/mol. The van der Waals surface area contributed by atoms with Gasteiger partial charge in [0, 0.05) is 10.6 Å². The first-order valence-corrected chi connectivity index (χ1v) is 6.88. The molecule has 0 fully saturated rings. The molecule has 2 rings (SSSR count). The maximum Gasteiger partial charge on any atom is 0.142 e. The molecule has 2 aromatic carbocycles. The summed E-state index contributed by atoms with van der Waals surface area (Å²) in [5, 5.41) is 2.69. The van der Waals surface area contributed by atoms with Gasteiger partial charge in [0.25, 0.3) is 0 Å². The Morgan fingerprint density at radius 2 is 1.48 bits per heavy atom. The summed E-state index contributed by atoms with van der Waals surface area (Å²) in [6.45, 7) is 1.57. The molecule has 0 saturated heterocycles. The normalized spacial score (nSPS) is 12.5. The van der Waals surface area contributed by atoms with Crippen LogP contribution >= 0.6 is 23.2 Å². The molecule has 0 saturated carbocycles. The molecular formula is C15H12Cl2F3N. The van der Waals surface area contributed by atoms with E-state index in [9.17, 15) is 13.2 Å². The predicted molar refractivity (Wildman–Crippen MR) is 78.4 cm³/mol. The van der Waals surface area contributed by atoms with Crippen LogP contribution in [0.15, 0.2) is 24.3 Å². The molecule has 0 aliphatic heterocycles. The number of rotatable bonds is 3. The summed E-state index contributed by atoms with van der Waals surface area (Å²) in [5.41, 5.74) is 0.871. The van der Waals surface area contributed by atoms with Gasteiger partial charge in [-0.25, -0.2) is 13.2 Å². The molecule has 1 nitrogen and oxygen atoms in total. The second-order valence-electron chi connectivity index (χ2n) is 4.63. The first-order valence-electron chi connectivity index (χ1n) is 6.12. The van der Waals surface area contributed by atoms with Gasteiger partial charge < -0.3 is 5.32 Å². The summed E-state index contributed by atoms with van der Waals surface area (Å²) in [4.78, 5) is 0. The third-order valence-corrected chi connectivity index (χ3v) is 3.85. The zero-order valence-corrected chi connectivity index (χ0v) is 12.8. The molecule has 0 radical (unpaired) electrons. The lowest BCUT2D eigenvalue weighted by molar-refractivity contribution is 0.557. The minimum Gasteiger partial charge on any atom is -0.309 e. The van der Waals surface area contributed by atoms with Crippen LogP contribution in [0.1, 0.15) is 22.7 Å². The molecule has 21 heavy (non-hydrogen) atoms. The van der Waals surface area contributed by atoms with Crippen molar-refractivity contribution >= 4 is 23.2 Å². The summed E-state index contributed by atoms with van der Waals surface area (Å²) < 4.78 is 41.1. The lowest BCUT2D eigenvalue weighted by Gasteiger charge is -2.20. The van der Waals surface area contributed by atoms with Gasteiger partial charge in [-0.05, 0) is 49.4 Å². The zero-order chi connectivity index (χ0) is 15.7. The van der Waals surface area contributed by atoms with Crippen molar-refractivity contribution in [2.75, 3.05) is 7.05 Å². The summed E-state index contributed by atoms with van der Waals surface area (Å²) in [6, 6.07) is 3.85. The predicted octanol–water partition coefficient (Wildman–Crippen LogP) is 5.03. The third kappa shape index (κ3) is 3.18. The Labute approximate surface area is 130 Å². The summed E-state index contributed by atoms with van der Waals surface area (Å²) in [6.07, 6.45) is 0. The van der Waals surface area contributed by atoms with Crippen molar-refractivity contribution in [2.45, 2.75) is 13.0 Å². The highest BCUT2D eigenvalue weighted by molar-refractivity contribution is 6.31. The summed E-state index contributed by atoms with van der Waals surface area (Å²) >= 11 is 11.6. The number of halogens is 5. The minimum atomic E-state index is -0.733. The molecule has 6 heteroatoms. The van der Waals surface area contributed by atoms with Crippen molar-refractivity contribution < 1.29 is 13.2 Å². The molecule has 0 aliphatic rings. The van der Waals surface area contributed by atoms with E-state index in [1.54, 1.807) is 14.0 Å². The van der Waals surface area contributed by atoms with E-state index in [1.807, 2.05) is 0 Å². The molecule has 0 heterocycles. The van der Waals surface area contributed by atoms with Gasteiger partial charge in [0.05, 0.1) is 11.1 Å². The quantitative estimate of drug-likeness (QED) is 0.777. The molecule has 0 spiro atoms. The van der Waals surface area contributed by atoms with E-state index in [0.717, 1.165) is 18.2 Å². The Kier molecular flexibility index (Phi) is 4.81. The average Bonchev–Trinajstić information content (AvgIpc) is 2.42. The zero-order valence-electron chi connectivity index (χ0n) is 11.3. The SMILES string of the molecule is CNC(c1cc(F)c(Cl)cc1F)c1cc(C)c(F)cc1Cl. The second-order valence-corrected chi connectivity index (χ2v) is 5.45. The smallest absolute Gasteiger partial charge is 0.142 e. The fourth-order valence-electron chi connectivity index (χ4n) is 2.14. The number of nitrogens with one attached hydrogen (secondary N) is 1. The number of aryl methyl sites for hydroxylation is 1. The van der Waals surface area contributed by atoms with Crippen molar-refractivity contribution in [3.63, 3.8) is 0 Å². The Bertz CT molecular complexity index is 632. The van der Waals surface area contributed by atoms with Crippen LogP contribution in [0.2, 0.25) is 10.0 Å². The second kappa shape index (κ2) is 6.26. The van der Waals surface area contributed by atoms with Crippen molar-refractivity contribution in [1.29, 1.82) is 0 Å². The third-order valence-electron chi connectivity index (χ3n) is 3.23. The van der Waals surface area contributed by atoms with Crippen molar-refractivity contribution in [1.82, 2.24) is 5.32 Å². The van der Waals surface area contributed by atoms with Gasteiger partial charge in [0.2, 0.25) is 0 Å². The molecule has 2 aromatic rings. The highest BCUT2D eigenvalue weighted by Crippen LogP contribution is 2.33. The van der Waals surface area contributed by atoms with Crippen LogP contribution in [-0.4, -0.2) is 7.05 Å². The van der Waals surface area contributed by atoms with Crippen LogP contribution in [-0.2, 0) is 0 Å². The molecule has 0 bridgehead atoms. The van der Waals surface area contributed by atoms with Crippen LogP contribution < -0.4 is 5.32 Å². The standard InChI is InChI=1S/C15H12Cl2F3N/c1-7-3-8(10(16)5-12(7)18)15(21-2)9-4-14(20)11(17)6-13(9)19/h3-6,15,21H,1-2H3. The maximum absolute atomic E-state index is 14.1. The summed E-state index contributed by atoms with van der Waals surface area (Å²) in [7, 11) is 1.58. The minimum absolute atomic E-state index is 0.0484. The molecule has 0 amide bonds. The van der Waals surface area contributed by atoms with Crippen LogP contribution in [0.5, 0.6) is 0 Å². The summed E-state index contributed by atoms with van der Waals surface area (Å²) in [5.74, 6) is -1.86. The number of hydrogen-bond donors (Lipinski definition) is 1. The Hall–Kier alpha value is -1.23. The Morgan fingerprint density at radius 3 is 2.10 bits per heavy atom. The average molecular weight is 334 g/mol. The number of hydrogen-bond acceptors (Lipinski definition) is 1. The van der Waals surface area contributed by atoms with Gasteiger partial charge in [-0.15, -0.1) is 0 Å². The van der Waals surface area contributed by atoms with Crippen molar-refractivity contribution in [3.05, 3.63) is 68.5 Å². The van der Waals surface area contributed by atoms with Gasteiger partial charge in [0.15, 0.2) is 0 Å². The highest BCUT2D eigenvalue weighted by Gasteiger charge is 2.22. The number of benzene rings is 2. The van der Waals surface area contributed by atoms with E-state index in [0.29, 0.717) is 11.1 Å². The first kappa shape index (κ1) is 16.1. The molecule has 1 unspecified atom stereocenters. The largest absolute Gasteiger partial charge is 0.309 e. The van der Waals surface area contributed by atoms with Crippen molar-refractivity contribution in [2.24, 2.45) is 0 Å². The van der Waals surface area contributed by atoms with E-state index in [1.165, 1.54) is 6.07 Å². The van der Waals surface area contributed by atoms with E-state index < -0.39 is 23.5 Å². The van der Waals surface area contributed by atoms with Gasteiger partial charge in [0.1, 0.15) is 17.5 Å². The van der Waals surface area contributed by atoms with E-state index >= 15 is 0 Å². The lowest BCUT2D eigenvalue weighted by Crippen LogP contribution is -2.20. The fraction of sp³-hybridized carbons (Fsp3) is 0.200. The highest BCUT2D eigenvalue weighted by atomic mass is 35.5. The van der Waals surface area contributed by atoms with E-state index in [4.69, 9.17) is 23.2 Å². The van der Waals surface area contributed by atoms with E-state index in [-0.39, 0.29) is 15.6 Å². The van der Waals surface area contributed by atoms with Crippen LogP contribution in [0, 0.1) is 24.4 Å². The molecule has 0 aliphatic carbocycles. The first-order chi connectivity index (χ1) is 9.85. The van der Waals surface area contributed by atoms with Crippen LogP contribution in [0.3, 0.4) is 0 Å². The molecule has 112 valence electrons. The van der Waals surface area contributed by atoms with Gasteiger partial charge >= 0.3 is 0 Å². The topological polar surface area (TPSA) is 12.0 Å². The molecule has 1 N–H and O–H groups in total. The van der Waals surface area contributed by atoms with Gasteiger partial charge in [-0.3, -0.25) is 0 Å². The monoisotopic (exact) mass is 333 g/mol. The van der Waals surface area contributed by atoms with Crippen LogP contribution in [0.4, 0.5) is 13.2 Å². The fourth-order valence-corrected chi connectivity index (χ4v) is 2.55. The Balaban J connectivity index is 2.60. The maximum atomic E-state index is 14.1. The Morgan fingerprint density at radius 1 is 0.857 bits per heavy atom. The van der Waals surface area contributed by atoms with Gasteiger partial charge in [-0.1, -0.05) is 23.2 Å². The van der Waals surface area contributed by atoms with E-state index in [2.05, 4.69) is 5.32 Å². The molecule has 0 aromatic heterocycles. The molecule has 1 atom stereocenters. The lowest BCUT2D eigenvalue weighted by atomic mass is 9.96.